The first-order chi connectivity index (χ1) is 12.1. The number of hydrogen-bond acceptors (Lipinski definition) is 3. The average molecular weight is 370 g/mol. The van der Waals surface area contributed by atoms with Crippen molar-refractivity contribution in [3.63, 3.8) is 0 Å². The van der Waals surface area contributed by atoms with Crippen molar-refractivity contribution in [2.75, 3.05) is 13.1 Å². The number of alkyl halides is 3. The number of halogens is 3. The Hall–Kier alpha value is -2.38. The molecule has 0 aromatic heterocycles. The van der Waals surface area contributed by atoms with Crippen LogP contribution in [0.4, 0.5) is 13.2 Å². The van der Waals surface area contributed by atoms with Crippen molar-refractivity contribution in [3.8, 4) is 0 Å². The van der Waals surface area contributed by atoms with E-state index in [1.165, 1.54) is 11.0 Å². The van der Waals surface area contributed by atoms with Crippen LogP contribution < -0.4 is 0 Å². The normalized spacial score (nSPS) is 16.1. The fourth-order valence-electron chi connectivity index (χ4n) is 3.04. The molecule has 1 atom stereocenters. The summed E-state index contributed by atoms with van der Waals surface area (Å²) in [6.07, 6.45) is -4.18. The topological polar surface area (TPSA) is 57.7 Å². The lowest BCUT2D eigenvalue weighted by atomic mass is 10.0. The molecule has 26 heavy (non-hydrogen) atoms. The van der Waals surface area contributed by atoms with Crippen LogP contribution in [0.5, 0.6) is 0 Å². The van der Waals surface area contributed by atoms with Crippen LogP contribution in [0, 0.1) is 0 Å². The third-order valence-corrected chi connectivity index (χ3v) is 4.53. The van der Waals surface area contributed by atoms with Gasteiger partial charge in [0.05, 0.1) is 11.6 Å². The van der Waals surface area contributed by atoms with Crippen molar-refractivity contribution < 1.29 is 27.6 Å². The van der Waals surface area contributed by atoms with E-state index in [0.29, 0.717) is 12.1 Å². The molecule has 5 nitrogen and oxygen atoms in total. The first kappa shape index (κ1) is 19.9. The number of carbonyl (C=O) groups is 3. The summed E-state index contributed by atoms with van der Waals surface area (Å²) in [5, 5.41) is 0. The Balaban J connectivity index is 2.08. The highest BCUT2D eigenvalue weighted by Crippen LogP contribution is 2.32. The van der Waals surface area contributed by atoms with Gasteiger partial charge < -0.3 is 4.90 Å². The lowest BCUT2D eigenvalue weighted by Gasteiger charge is -2.29. The van der Waals surface area contributed by atoms with Gasteiger partial charge in [0.25, 0.3) is 0 Å². The maximum Gasteiger partial charge on any atom is 0.416 e. The SMILES string of the molecule is CCN(C(=O)CCN1C(=O)CCC1=O)C(C)c1cccc(C(F)(F)F)c1. The standard InChI is InChI=1S/C18H21F3N2O3/c1-3-22(17(26)9-10-23-15(24)7-8-16(23)25)12(2)13-5-4-6-14(11-13)18(19,20)21/h4-6,11-12H,3,7-10H2,1-2H3. The molecule has 0 saturated carbocycles. The predicted molar refractivity (Wildman–Crippen MR) is 87.8 cm³/mol. The summed E-state index contributed by atoms with van der Waals surface area (Å²) in [7, 11) is 0. The van der Waals surface area contributed by atoms with E-state index in [1.54, 1.807) is 19.9 Å². The fourth-order valence-corrected chi connectivity index (χ4v) is 3.04. The number of likely N-dealkylation sites (tertiary alicyclic amines) is 1. The molecular formula is C18H21F3N2O3. The van der Waals surface area contributed by atoms with Gasteiger partial charge in [-0.2, -0.15) is 13.2 Å². The second-order valence-electron chi connectivity index (χ2n) is 6.17. The molecule has 2 rings (SSSR count). The number of hydrogen-bond donors (Lipinski definition) is 0. The van der Waals surface area contributed by atoms with E-state index < -0.39 is 17.8 Å². The van der Waals surface area contributed by atoms with Gasteiger partial charge in [-0.25, -0.2) is 0 Å². The van der Waals surface area contributed by atoms with E-state index >= 15 is 0 Å². The van der Waals surface area contributed by atoms with Crippen LogP contribution in [0.1, 0.15) is 50.3 Å². The molecule has 1 heterocycles. The second-order valence-corrected chi connectivity index (χ2v) is 6.17. The Morgan fingerprint density at radius 2 is 1.85 bits per heavy atom. The zero-order valence-corrected chi connectivity index (χ0v) is 14.7. The summed E-state index contributed by atoms with van der Waals surface area (Å²) in [5.74, 6) is -0.904. The Bertz CT molecular complexity index is 687. The Kier molecular flexibility index (Phi) is 6.05. The van der Waals surface area contributed by atoms with Gasteiger partial charge in [0.1, 0.15) is 0 Å². The molecule has 1 aliphatic heterocycles. The number of nitrogens with zero attached hydrogens (tertiary/aromatic N) is 2. The van der Waals surface area contributed by atoms with Crippen molar-refractivity contribution in [1.82, 2.24) is 9.80 Å². The molecule has 1 aliphatic rings. The maximum atomic E-state index is 12.9. The van der Waals surface area contributed by atoms with Crippen LogP contribution in [-0.2, 0) is 20.6 Å². The lowest BCUT2D eigenvalue weighted by Crippen LogP contribution is -2.37. The van der Waals surface area contributed by atoms with E-state index in [0.717, 1.165) is 17.0 Å². The summed E-state index contributed by atoms with van der Waals surface area (Å²) >= 11 is 0. The zero-order valence-electron chi connectivity index (χ0n) is 14.7. The third-order valence-electron chi connectivity index (χ3n) is 4.53. The smallest absolute Gasteiger partial charge is 0.336 e. The summed E-state index contributed by atoms with van der Waals surface area (Å²) in [6, 6.07) is 4.32. The maximum absolute atomic E-state index is 12.9. The zero-order chi connectivity index (χ0) is 19.5. The minimum atomic E-state index is -4.45. The van der Waals surface area contributed by atoms with Crippen molar-refractivity contribution in [1.29, 1.82) is 0 Å². The summed E-state index contributed by atoms with van der Waals surface area (Å²) in [5.41, 5.74) is -0.387. The van der Waals surface area contributed by atoms with Crippen LogP contribution >= 0.6 is 0 Å². The molecule has 8 heteroatoms. The molecule has 1 saturated heterocycles. The van der Waals surface area contributed by atoms with Gasteiger partial charge in [0.15, 0.2) is 0 Å². The molecular weight excluding hydrogens is 349 g/mol. The molecule has 3 amide bonds. The molecule has 0 radical (unpaired) electrons. The first-order valence-corrected chi connectivity index (χ1v) is 8.45. The fraction of sp³-hybridized carbons (Fsp3) is 0.500. The average Bonchev–Trinajstić information content (AvgIpc) is 2.91. The monoisotopic (exact) mass is 370 g/mol. The van der Waals surface area contributed by atoms with Crippen molar-refractivity contribution in [2.45, 2.75) is 45.3 Å². The van der Waals surface area contributed by atoms with E-state index in [9.17, 15) is 27.6 Å². The highest BCUT2D eigenvalue weighted by Gasteiger charge is 2.32. The summed E-state index contributed by atoms with van der Waals surface area (Å²) in [6.45, 7) is 3.69. The van der Waals surface area contributed by atoms with Crippen LogP contribution in [0.3, 0.4) is 0 Å². The van der Waals surface area contributed by atoms with Crippen LogP contribution in [0.2, 0.25) is 0 Å². The van der Waals surface area contributed by atoms with E-state index in [4.69, 9.17) is 0 Å². The minimum Gasteiger partial charge on any atom is -0.336 e. The number of carbonyl (C=O) groups excluding carboxylic acids is 3. The summed E-state index contributed by atoms with van der Waals surface area (Å²) < 4.78 is 38.7. The van der Waals surface area contributed by atoms with Crippen molar-refractivity contribution in [2.24, 2.45) is 0 Å². The van der Waals surface area contributed by atoms with Gasteiger partial charge in [-0.1, -0.05) is 12.1 Å². The van der Waals surface area contributed by atoms with E-state index in [1.807, 2.05) is 0 Å². The Morgan fingerprint density at radius 3 is 2.38 bits per heavy atom. The van der Waals surface area contributed by atoms with Gasteiger partial charge in [-0.3, -0.25) is 19.3 Å². The quantitative estimate of drug-likeness (QED) is 0.723. The number of rotatable bonds is 6. The van der Waals surface area contributed by atoms with Gasteiger partial charge >= 0.3 is 6.18 Å². The molecule has 142 valence electrons. The van der Waals surface area contributed by atoms with Crippen LogP contribution in [-0.4, -0.2) is 40.6 Å². The largest absolute Gasteiger partial charge is 0.416 e. The third kappa shape index (κ3) is 4.42. The molecule has 0 N–H and O–H groups in total. The van der Waals surface area contributed by atoms with Crippen molar-refractivity contribution >= 4 is 17.7 Å². The van der Waals surface area contributed by atoms with Crippen LogP contribution in [0.15, 0.2) is 24.3 Å². The predicted octanol–water partition coefficient (Wildman–Crippen LogP) is 3.15. The molecule has 0 aliphatic carbocycles. The van der Waals surface area contributed by atoms with Gasteiger partial charge in [-0.05, 0) is 31.5 Å². The van der Waals surface area contributed by atoms with E-state index in [-0.39, 0.29) is 43.5 Å². The highest BCUT2D eigenvalue weighted by atomic mass is 19.4. The Labute approximate surface area is 149 Å². The number of imide groups is 1. The second kappa shape index (κ2) is 7.88. The molecule has 0 spiro atoms. The minimum absolute atomic E-state index is 0.00229. The molecule has 0 bridgehead atoms. The van der Waals surface area contributed by atoms with E-state index in [2.05, 4.69) is 0 Å². The highest BCUT2D eigenvalue weighted by molar-refractivity contribution is 6.02. The van der Waals surface area contributed by atoms with Gasteiger partial charge in [0.2, 0.25) is 17.7 Å². The summed E-state index contributed by atoms with van der Waals surface area (Å²) in [4.78, 5) is 38.2. The van der Waals surface area contributed by atoms with Gasteiger partial charge in [-0.15, -0.1) is 0 Å². The van der Waals surface area contributed by atoms with Gasteiger partial charge in [0, 0.05) is 32.4 Å². The van der Waals surface area contributed by atoms with Crippen LogP contribution in [0.25, 0.3) is 0 Å². The van der Waals surface area contributed by atoms with Crippen molar-refractivity contribution in [3.05, 3.63) is 35.4 Å². The Morgan fingerprint density at radius 1 is 1.23 bits per heavy atom. The lowest BCUT2D eigenvalue weighted by molar-refractivity contribution is -0.140. The molecule has 1 aromatic rings. The number of amides is 3. The number of benzene rings is 1. The molecule has 1 fully saturated rings. The molecule has 1 aromatic carbocycles. The first-order valence-electron chi connectivity index (χ1n) is 8.45. The molecule has 1 unspecified atom stereocenters.